The number of aryl methyl sites for hydroxylation is 1. The number of hydrazone groups is 1. The smallest absolute Gasteiger partial charge is 0.274 e. The minimum atomic E-state index is -0.426. The molecule has 1 amide bonds. The van der Waals surface area contributed by atoms with Crippen LogP contribution in [0, 0.1) is 12.7 Å². The molecule has 1 heterocycles. The van der Waals surface area contributed by atoms with Crippen molar-refractivity contribution in [3.63, 3.8) is 0 Å². The number of carbonyl (C=O) groups excluding carboxylic acids is 1. The second kappa shape index (κ2) is 5.88. The maximum absolute atomic E-state index is 13.0. The van der Waals surface area contributed by atoms with Crippen LogP contribution in [0.4, 0.5) is 4.39 Å². The Labute approximate surface area is 120 Å². The molecule has 0 saturated heterocycles. The zero-order chi connectivity index (χ0) is 14.7. The molecule has 20 heavy (non-hydrogen) atoms. The van der Waals surface area contributed by atoms with Gasteiger partial charge in [0, 0.05) is 5.56 Å². The third-order valence-electron chi connectivity index (χ3n) is 2.75. The number of rotatable bonds is 3. The SMILES string of the molecule is C/C(=N/NC(=O)c1ccoc1C)c1ccc(F)cc1Cl. The van der Waals surface area contributed by atoms with Crippen LogP contribution in [-0.4, -0.2) is 11.6 Å². The van der Waals surface area contributed by atoms with Gasteiger partial charge < -0.3 is 4.42 Å². The summed E-state index contributed by atoms with van der Waals surface area (Å²) < 4.78 is 18.0. The third-order valence-corrected chi connectivity index (χ3v) is 3.06. The molecule has 0 radical (unpaired) electrons. The van der Waals surface area contributed by atoms with Crippen LogP contribution in [0.3, 0.4) is 0 Å². The molecule has 0 fully saturated rings. The van der Waals surface area contributed by atoms with Gasteiger partial charge in [-0.3, -0.25) is 4.79 Å². The quantitative estimate of drug-likeness (QED) is 0.695. The molecule has 104 valence electrons. The zero-order valence-corrected chi connectivity index (χ0v) is 11.7. The van der Waals surface area contributed by atoms with E-state index in [1.807, 2.05) is 0 Å². The van der Waals surface area contributed by atoms with Crippen LogP contribution in [0.1, 0.15) is 28.6 Å². The average molecular weight is 295 g/mol. The molecular weight excluding hydrogens is 283 g/mol. The number of nitrogens with one attached hydrogen (secondary N) is 1. The van der Waals surface area contributed by atoms with Crippen molar-refractivity contribution in [3.8, 4) is 0 Å². The van der Waals surface area contributed by atoms with Gasteiger partial charge in [0.2, 0.25) is 0 Å². The van der Waals surface area contributed by atoms with Crippen molar-refractivity contribution in [2.24, 2.45) is 5.10 Å². The number of hydrogen-bond donors (Lipinski definition) is 1. The Morgan fingerprint density at radius 1 is 1.35 bits per heavy atom. The minimum absolute atomic E-state index is 0.236. The van der Waals surface area contributed by atoms with Crippen molar-refractivity contribution in [3.05, 3.63) is 58.3 Å². The Balaban J connectivity index is 2.15. The number of benzene rings is 1. The van der Waals surface area contributed by atoms with E-state index >= 15 is 0 Å². The van der Waals surface area contributed by atoms with Crippen LogP contribution >= 0.6 is 11.6 Å². The molecular formula is C14H12ClFN2O2. The molecule has 1 N–H and O–H groups in total. The summed E-state index contributed by atoms with van der Waals surface area (Å²) in [5, 5.41) is 4.19. The molecule has 4 nitrogen and oxygen atoms in total. The van der Waals surface area contributed by atoms with Gasteiger partial charge in [-0.2, -0.15) is 5.10 Å². The number of carbonyl (C=O) groups is 1. The molecule has 0 saturated carbocycles. The highest BCUT2D eigenvalue weighted by Gasteiger charge is 2.11. The van der Waals surface area contributed by atoms with Gasteiger partial charge in [-0.05, 0) is 38.1 Å². The Morgan fingerprint density at radius 3 is 2.70 bits per heavy atom. The maximum atomic E-state index is 13.0. The number of halogens is 2. The molecule has 0 aliphatic carbocycles. The molecule has 1 aromatic heterocycles. The van der Waals surface area contributed by atoms with Crippen LogP contribution in [-0.2, 0) is 0 Å². The fraction of sp³-hybridized carbons (Fsp3) is 0.143. The third kappa shape index (κ3) is 3.05. The topological polar surface area (TPSA) is 54.6 Å². The summed E-state index contributed by atoms with van der Waals surface area (Å²) in [6.45, 7) is 3.35. The molecule has 0 bridgehead atoms. The first-order valence-electron chi connectivity index (χ1n) is 5.83. The van der Waals surface area contributed by atoms with Gasteiger partial charge in [-0.25, -0.2) is 9.82 Å². The van der Waals surface area contributed by atoms with Gasteiger partial charge in [0.15, 0.2) is 0 Å². The van der Waals surface area contributed by atoms with E-state index in [1.165, 1.54) is 24.5 Å². The van der Waals surface area contributed by atoms with E-state index in [0.717, 1.165) is 0 Å². The van der Waals surface area contributed by atoms with Crippen molar-refractivity contribution in [1.29, 1.82) is 0 Å². The highest BCUT2D eigenvalue weighted by Crippen LogP contribution is 2.18. The fourth-order valence-corrected chi connectivity index (χ4v) is 1.96. The summed E-state index contributed by atoms with van der Waals surface area (Å²) in [5.74, 6) is -0.298. The van der Waals surface area contributed by atoms with Crippen molar-refractivity contribution in [2.75, 3.05) is 0 Å². The molecule has 0 unspecified atom stereocenters. The number of hydrogen-bond acceptors (Lipinski definition) is 3. The lowest BCUT2D eigenvalue weighted by molar-refractivity contribution is 0.0953. The van der Waals surface area contributed by atoms with Crippen molar-refractivity contribution in [2.45, 2.75) is 13.8 Å². The standard InChI is InChI=1S/C14H12ClFN2O2/c1-8(11-4-3-10(16)7-13(11)15)17-18-14(19)12-5-6-20-9(12)2/h3-7H,1-2H3,(H,18,19)/b17-8-. The summed E-state index contributed by atoms with van der Waals surface area (Å²) in [7, 11) is 0. The van der Waals surface area contributed by atoms with E-state index in [-0.39, 0.29) is 10.9 Å². The van der Waals surface area contributed by atoms with Crippen LogP contribution in [0.2, 0.25) is 5.02 Å². The molecule has 0 atom stereocenters. The van der Waals surface area contributed by atoms with Gasteiger partial charge in [0.1, 0.15) is 11.6 Å². The van der Waals surface area contributed by atoms with Crippen LogP contribution in [0.15, 0.2) is 40.0 Å². The number of furan rings is 1. The van der Waals surface area contributed by atoms with Gasteiger partial charge in [0.25, 0.3) is 5.91 Å². The maximum Gasteiger partial charge on any atom is 0.274 e. The first kappa shape index (κ1) is 14.3. The Kier molecular flexibility index (Phi) is 4.20. The fourth-order valence-electron chi connectivity index (χ4n) is 1.66. The van der Waals surface area contributed by atoms with E-state index in [4.69, 9.17) is 16.0 Å². The Morgan fingerprint density at radius 2 is 2.10 bits per heavy atom. The molecule has 0 spiro atoms. The lowest BCUT2D eigenvalue weighted by Gasteiger charge is -2.04. The summed E-state index contributed by atoms with van der Waals surface area (Å²) in [4.78, 5) is 11.8. The predicted octanol–water partition coefficient (Wildman–Crippen LogP) is 3.53. The second-order valence-electron chi connectivity index (χ2n) is 4.15. The van der Waals surface area contributed by atoms with Crippen molar-refractivity contribution in [1.82, 2.24) is 5.43 Å². The van der Waals surface area contributed by atoms with Gasteiger partial charge >= 0.3 is 0 Å². The van der Waals surface area contributed by atoms with E-state index in [1.54, 1.807) is 19.9 Å². The molecule has 1 aromatic carbocycles. The predicted molar refractivity (Wildman–Crippen MR) is 74.5 cm³/mol. The highest BCUT2D eigenvalue weighted by atomic mass is 35.5. The zero-order valence-electron chi connectivity index (χ0n) is 10.9. The summed E-state index contributed by atoms with van der Waals surface area (Å²) in [5.41, 5.74) is 3.84. The van der Waals surface area contributed by atoms with Crippen molar-refractivity contribution < 1.29 is 13.6 Å². The summed E-state index contributed by atoms with van der Waals surface area (Å²) >= 11 is 5.92. The van der Waals surface area contributed by atoms with Gasteiger partial charge in [0.05, 0.1) is 22.6 Å². The van der Waals surface area contributed by atoms with E-state index in [9.17, 15) is 9.18 Å². The Bertz CT molecular complexity index is 680. The highest BCUT2D eigenvalue weighted by molar-refractivity contribution is 6.34. The average Bonchev–Trinajstić information content (AvgIpc) is 2.82. The monoisotopic (exact) mass is 294 g/mol. The van der Waals surface area contributed by atoms with Crippen LogP contribution in [0.5, 0.6) is 0 Å². The van der Waals surface area contributed by atoms with Gasteiger partial charge in [-0.1, -0.05) is 11.6 Å². The van der Waals surface area contributed by atoms with Crippen LogP contribution in [0.25, 0.3) is 0 Å². The number of amides is 1. The molecule has 0 aliphatic rings. The minimum Gasteiger partial charge on any atom is -0.469 e. The van der Waals surface area contributed by atoms with E-state index < -0.39 is 5.82 Å². The summed E-state index contributed by atoms with van der Waals surface area (Å²) in [6, 6.07) is 5.53. The van der Waals surface area contributed by atoms with E-state index in [2.05, 4.69) is 10.5 Å². The first-order valence-corrected chi connectivity index (χ1v) is 6.21. The lowest BCUT2D eigenvalue weighted by atomic mass is 10.1. The first-order chi connectivity index (χ1) is 9.49. The van der Waals surface area contributed by atoms with Gasteiger partial charge in [-0.15, -0.1) is 0 Å². The molecule has 0 aliphatic heterocycles. The largest absolute Gasteiger partial charge is 0.469 e. The van der Waals surface area contributed by atoms with E-state index in [0.29, 0.717) is 22.6 Å². The summed E-state index contributed by atoms with van der Waals surface area (Å²) in [6.07, 6.45) is 1.43. The molecule has 6 heteroatoms. The molecule has 2 rings (SSSR count). The normalized spacial score (nSPS) is 11.5. The molecule has 2 aromatic rings. The number of nitrogens with zero attached hydrogens (tertiary/aromatic N) is 1. The lowest BCUT2D eigenvalue weighted by Crippen LogP contribution is -2.19. The second-order valence-corrected chi connectivity index (χ2v) is 4.56. The van der Waals surface area contributed by atoms with Crippen molar-refractivity contribution >= 4 is 23.2 Å². The Hall–Kier alpha value is -2.14. The van der Waals surface area contributed by atoms with Crippen LogP contribution < -0.4 is 5.43 Å².